The summed E-state index contributed by atoms with van der Waals surface area (Å²) in [5.74, 6) is 0.115. The number of carbonyl (C=O) groups is 2. The molecule has 0 bridgehead atoms. The second kappa shape index (κ2) is 8.70. The average Bonchev–Trinajstić information content (AvgIpc) is 3.49. The number of benzene rings is 2. The molecule has 0 spiro atoms. The highest BCUT2D eigenvalue weighted by molar-refractivity contribution is 5.94. The SMILES string of the molecule is O=C(Cc1c[nH]c2ccccc12)N1CCN(C(=O)c2ccc(Cn3cccn3)cc2)CC1. The molecule has 0 atom stereocenters. The Hall–Kier alpha value is -3.87. The number of hydrogen-bond acceptors (Lipinski definition) is 3. The predicted octanol–water partition coefficient (Wildman–Crippen LogP) is 2.94. The molecule has 5 rings (SSSR count). The summed E-state index contributed by atoms with van der Waals surface area (Å²) in [7, 11) is 0. The number of aromatic nitrogens is 3. The number of fused-ring (bicyclic) bond motifs is 1. The van der Waals surface area contributed by atoms with Gasteiger partial charge in [0.25, 0.3) is 5.91 Å². The number of amides is 2. The van der Waals surface area contributed by atoms with Gasteiger partial charge in [-0.05, 0) is 35.4 Å². The molecule has 2 aromatic carbocycles. The third kappa shape index (κ3) is 4.14. The number of nitrogens with zero attached hydrogens (tertiary/aromatic N) is 4. The van der Waals surface area contributed by atoms with Crippen LogP contribution in [0, 0.1) is 0 Å². The maximum atomic E-state index is 12.9. The van der Waals surface area contributed by atoms with Gasteiger partial charge in [-0.25, -0.2) is 0 Å². The van der Waals surface area contributed by atoms with Crippen LogP contribution in [0.2, 0.25) is 0 Å². The van der Waals surface area contributed by atoms with E-state index in [-0.39, 0.29) is 11.8 Å². The Morgan fingerprint density at radius 3 is 2.41 bits per heavy atom. The second-order valence-corrected chi connectivity index (χ2v) is 8.11. The normalized spacial score (nSPS) is 14.1. The van der Waals surface area contributed by atoms with Crippen LogP contribution in [0.5, 0.6) is 0 Å². The highest BCUT2D eigenvalue weighted by atomic mass is 16.2. The van der Waals surface area contributed by atoms with E-state index in [9.17, 15) is 9.59 Å². The number of carbonyl (C=O) groups excluding carboxylic acids is 2. The van der Waals surface area contributed by atoms with Gasteiger partial charge in [-0.2, -0.15) is 5.10 Å². The van der Waals surface area contributed by atoms with Gasteiger partial charge in [0.2, 0.25) is 5.91 Å². The third-order valence-electron chi connectivity index (χ3n) is 6.04. The Bertz CT molecular complexity index is 1220. The van der Waals surface area contributed by atoms with Crippen molar-refractivity contribution >= 4 is 22.7 Å². The highest BCUT2D eigenvalue weighted by Gasteiger charge is 2.25. The van der Waals surface area contributed by atoms with E-state index in [2.05, 4.69) is 10.1 Å². The molecular formula is C25H25N5O2. The van der Waals surface area contributed by atoms with Crippen LogP contribution in [-0.2, 0) is 17.8 Å². The minimum absolute atomic E-state index is 0.0133. The third-order valence-corrected chi connectivity index (χ3v) is 6.04. The Balaban J connectivity index is 1.16. The number of hydrogen-bond donors (Lipinski definition) is 1. The van der Waals surface area contributed by atoms with Gasteiger partial charge in [0.05, 0.1) is 13.0 Å². The van der Waals surface area contributed by atoms with E-state index in [0.717, 1.165) is 22.0 Å². The van der Waals surface area contributed by atoms with E-state index in [4.69, 9.17) is 0 Å². The summed E-state index contributed by atoms with van der Waals surface area (Å²) < 4.78 is 1.85. The van der Waals surface area contributed by atoms with Crippen molar-refractivity contribution in [1.82, 2.24) is 24.6 Å². The molecule has 32 heavy (non-hydrogen) atoms. The van der Waals surface area contributed by atoms with Crippen molar-refractivity contribution in [3.63, 3.8) is 0 Å². The van der Waals surface area contributed by atoms with E-state index in [1.165, 1.54) is 0 Å². The smallest absolute Gasteiger partial charge is 0.253 e. The molecule has 0 radical (unpaired) electrons. The van der Waals surface area contributed by atoms with Gasteiger partial charge in [-0.15, -0.1) is 0 Å². The van der Waals surface area contributed by atoms with Crippen molar-refractivity contribution in [3.8, 4) is 0 Å². The first-order valence-electron chi connectivity index (χ1n) is 10.9. The summed E-state index contributed by atoms with van der Waals surface area (Å²) in [5.41, 5.74) is 3.83. The molecule has 1 N–H and O–H groups in total. The lowest BCUT2D eigenvalue weighted by molar-refractivity contribution is -0.131. The van der Waals surface area contributed by atoms with E-state index >= 15 is 0 Å². The highest BCUT2D eigenvalue weighted by Crippen LogP contribution is 2.19. The Morgan fingerprint density at radius 2 is 1.66 bits per heavy atom. The zero-order valence-corrected chi connectivity index (χ0v) is 17.8. The molecule has 1 saturated heterocycles. The standard InChI is InChI=1S/C25H25N5O2/c31-24(16-21-17-26-23-5-2-1-4-22(21)23)28-12-14-29(15-13-28)25(32)20-8-6-19(7-9-20)18-30-11-3-10-27-30/h1-11,17,26H,12-16,18H2. The molecule has 1 fully saturated rings. The lowest BCUT2D eigenvalue weighted by atomic mass is 10.1. The molecule has 4 aromatic rings. The van der Waals surface area contributed by atoms with Crippen LogP contribution < -0.4 is 0 Å². The van der Waals surface area contributed by atoms with Gasteiger partial charge in [-0.1, -0.05) is 30.3 Å². The second-order valence-electron chi connectivity index (χ2n) is 8.11. The maximum Gasteiger partial charge on any atom is 0.253 e. The zero-order valence-electron chi connectivity index (χ0n) is 17.8. The quantitative estimate of drug-likeness (QED) is 0.532. The molecular weight excluding hydrogens is 402 g/mol. The van der Waals surface area contributed by atoms with Gasteiger partial charge in [0, 0.05) is 61.2 Å². The van der Waals surface area contributed by atoms with Crippen molar-refractivity contribution in [2.24, 2.45) is 0 Å². The van der Waals surface area contributed by atoms with Gasteiger partial charge >= 0.3 is 0 Å². The molecule has 2 aromatic heterocycles. The molecule has 1 aliphatic rings. The molecule has 162 valence electrons. The lowest BCUT2D eigenvalue weighted by Crippen LogP contribution is -2.51. The summed E-state index contributed by atoms with van der Waals surface area (Å²) in [6, 6.07) is 17.6. The van der Waals surface area contributed by atoms with Gasteiger partial charge in [0.1, 0.15) is 0 Å². The molecule has 3 heterocycles. The van der Waals surface area contributed by atoms with Crippen LogP contribution in [0.1, 0.15) is 21.5 Å². The van der Waals surface area contributed by atoms with E-state index in [1.807, 2.05) is 81.5 Å². The van der Waals surface area contributed by atoms with Gasteiger partial charge in [-0.3, -0.25) is 14.3 Å². The summed E-state index contributed by atoms with van der Waals surface area (Å²) in [5, 5.41) is 5.30. The number of H-pyrrole nitrogens is 1. The molecule has 2 amide bonds. The van der Waals surface area contributed by atoms with Gasteiger partial charge in [0.15, 0.2) is 0 Å². The lowest BCUT2D eigenvalue weighted by Gasteiger charge is -2.35. The van der Waals surface area contributed by atoms with Crippen LogP contribution in [0.4, 0.5) is 0 Å². The first kappa shape index (κ1) is 20.1. The van der Waals surface area contributed by atoms with Crippen LogP contribution in [0.3, 0.4) is 0 Å². The van der Waals surface area contributed by atoms with Crippen molar-refractivity contribution < 1.29 is 9.59 Å². The first-order chi connectivity index (χ1) is 15.7. The molecule has 0 saturated carbocycles. The van der Waals surface area contributed by atoms with E-state index < -0.39 is 0 Å². The first-order valence-corrected chi connectivity index (χ1v) is 10.9. The number of para-hydroxylation sites is 1. The fourth-order valence-electron chi connectivity index (χ4n) is 4.23. The Kier molecular flexibility index (Phi) is 5.46. The van der Waals surface area contributed by atoms with Crippen LogP contribution in [0.25, 0.3) is 10.9 Å². The number of rotatable bonds is 5. The predicted molar refractivity (Wildman–Crippen MR) is 122 cm³/mol. The van der Waals surface area contributed by atoms with Crippen molar-refractivity contribution in [1.29, 1.82) is 0 Å². The minimum atomic E-state index is 0.0133. The number of aromatic amines is 1. The topological polar surface area (TPSA) is 74.2 Å². The van der Waals surface area contributed by atoms with Crippen molar-refractivity contribution in [2.75, 3.05) is 26.2 Å². The van der Waals surface area contributed by atoms with Crippen molar-refractivity contribution in [2.45, 2.75) is 13.0 Å². The van der Waals surface area contributed by atoms with Crippen molar-refractivity contribution in [3.05, 3.63) is 89.9 Å². The number of piperazine rings is 1. The Morgan fingerprint density at radius 1 is 0.906 bits per heavy atom. The molecule has 0 aliphatic carbocycles. The average molecular weight is 428 g/mol. The summed E-state index contributed by atoms with van der Waals surface area (Å²) in [6.07, 6.45) is 5.95. The van der Waals surface area contributed by atoms with Crippen LogP contribution in [0.15, 0.2) is 73.2 Å². The van der Waals surface area contributed by atoms with E-state index in [1.54, 1.807) is 6.20 Å². The molecule has 7 nitrogen and oxygen atoms in total. The number of nitrogens with one attached hydrogen (secondary N) is 1. The fourth-order valence-corrected chi connectivity index (χ4v) is 4.23. The fraction of sp³-hybridized carbons (Fsp3) is 0.240. The summed E-state index contributed by atoms with van der Waals surface area (Å²) >= 11 is 0. The van der Waals surface area contributed by atoms with Crippen LogP contribution >= 0.6 is 0 Å². The maximum absolute atomic E-state index is 12.9. The largest absolute Gasteiger partial charge is 0.361 e. The molecule has 0 unspecified atom stereocenters. The monoisotopic (exact) mass is 427 g/mol. The summed E-state index contributed by atoms with van der Waals surface area (Å²) in [4.78, 5) is 32.6. The minimum Gasteiger partial charge on any atom is -0.361 e. The Labute approximate surface area is 186 Å². The summed E-state index contributed by atoms with van der Waals surface area (Å²) in [6.45, 7) is 2.90. The molecule has 7 heteroatoms. The molecule has 1 aliphatic heterocycles. The van der Waals surface area contributed by atoms with Crippen LogP contribution in [-0.4, -0.2) is 62.6 Å². The zero-order chi connectivity index (χ0) is 21.9. The van der Waals surface area contributed by atoms with Gasteiger partial charge < -0.3 is 14.8 Å². The van der Waals surface area contributed by atoms with E-state index in [0.29, 0.717) is 44.7 Å².